The molecular weight excluding hydrogens is 308 g/mol. The Labute approximate surface area is 130 Å². The lowest BCUT2D eigenvalue weighted by Crippen LogP contribution is -2.25. The average molecular weight is 332 g/mol. The summed E-state index contributed by atoms with van der Waals surface area (Å²) in [5.74, 6) is 0.137. The van der Waals surface area contributed by atoms with E-state index in [0.29, 0.717) is 5.00 Å². The number of hydrogen-bond acceptors (Lipinski definition) is 7. The van der Waals surface area contributed by atoms with Gasteiger partial charge >= 0.3 is 0 Å². The summed E-state index contributed by atoms with van der Waals surface area (Å²) >= 11 is 1.14. The summed E-state index contributed by atoms with van der Waals surface area (Å²) in [5, 5.41) is 3.54. The molecule has 1 saturated carbocycles. The molecule has 21 heavy (non-hydrogen) atoms. The van der Waals surface area contributed by atoms with E-state index in [1.165, 1.54) is 0 Å². The molecule has 0 saturated heterocycles. The molecule has 3 N–H and O–H groups in total. The molecule has 0 radical (unpaired) electrons. The average Bonchev–Trinajstić information content (AvgIpc) is 3.24. The van der Waals surface area contributed by atoms with Crippen molar-refractivity contribution in [2.75, 3.05) is 37.2 Å². The van der Waals surface area contributed by atoms with Crippen molar-refractivity contribution in [1.29, 1.82) is 0 Å². The fourth-order valence-corrected chi connectivity index (χ4v) is 5.18. The predicted molar refractivity (Wildman–Crippen MR) is 87.6 cm³/mol. The van der Waals surface area contributed by atoms with Gasteiger partial charge in [0.05, 0.1) is 5.25 Å². The Balaban J connectivity index is 1.95. The molecule has 8 heteroatoms. The molecule has 120 valence electrons. The van der Waals surface area contributed by atoms with Crippen LogP contribution >= 0.6 is 11.5 Å². The molecule has 0 spiro atoms. The number of rotatable bonds is 9. The molecule has 0 bridgehead atoms. The zero-order valence-corrected chi connectivity index (χ0v) is 14.3. The summed E-state index contributed by atoms with van der Waals surface area (Å²) in [7, 11) is -3.30. The molecule has 0 atom stereocenters. The van der Waals surface area contributed by atoms with Crippen molar-refractivity contribution >= 4 is 32.2 Å². The van der Waals surface area contributed by atoms with Crippen molar-refractivity contribution in [3.63, 3.8) is 0 Å². The highest BCUT2D eigenvalue weighted by atomic mass is 32.2. The lowest BCUT2D eigenvalue weighted by atomic mass is 10.3. The zero-order chi connectivity index (χ0) is 15.5. The number of hydrogen-bond donors (Lipinski definition) is 2. The van der Waals surface area contributed by atoms with Crippen molar-refractivity contribution in [3.05, 3.63) is 0 Å². The topological polar surface area (TPSA) is 88.3 Å². The molecular formula is C13H24N4O2S2. The standard InChI is InChI=1S/C13H24N4O2S2/c1-3-17(4-2)9-5-8-15-13-11(12(14)16-20-13)21(18,19)10-6-7-10/h10,15H,3-9H2,1-2H3,(H2,14,16). The van der Waals surface area contributed by atoms with Gasteiger partial charge in [0.15, 0.2) is 15.7 Å². The van der Waals surface area contributed by atoms with Crippen LogP contribution in [0.1, 0.15) is 33.1 Å². The fourth-order valence-electron chi connectivity index (χ4n) is 2.27. The first-order chi connectivity index (χ1) is 10.0. The van der Waals surface area contributed by atoms with E-state index in [4.69, 9.17) is 5.73 Å². The first kappa shape index (κ1) is 16.5. The van der Waals surface area contributed by atoms with Gasteiger partial charge in [0.2, 0.25) is 0 Å². The van der Waals surface area contributed by atoms with Gasteiger partial charge in [-0.2, -0.15) is 4.37 Å². The molecule has 2 rings (SSSR count). The number of nitrogens with two attached hydrogens (primary N) is 1. The zero-order valence-electron chi connectivity index (χ0n) is 12.6. The Morgan fingerprint density at radius 3 is 2.62 bits per heavy atom. The van der Waals surface area contributed by atoms with Gasteiger partial charge in [0, 0.05) is 6.54 Å². The molecule has 0 aromatic carbocycles. The summed E-state index contributed by atoms with van der Waals surface area (Å²) in [6.45, 7) is 8.07. The summed E-state index contributed by atoms with van der Waals surface area (Å²) in [6.07, 6.45) is 2.43. The summed E-state index contributed by atoms with van der Waals surface area (Å²) in [4.78, 5) is 2.56. The van der Waals surface area contributed by atoms with Gasteiger partial charge in [-0.1, -0.05) is 13.8 Å². The molecule has 1 aliphatic rings. The third-order valence-electron chi connectivity index (χ3n) is 3.75. The van der Waals surface area contributed by atoms with Gasteiger partial charge < -0.3 is 16.0 Å². The van der Waals surface area contributed by atoms with Crippen LogP contribution in [0.25, 0.3) is 0 Å². The Kier molecular flexibility index (Phi) is 5.45. The van der Waals surface area contributed by atoms with Crippen molar-refractivity contribution in [2.24, 2.45) is 0 Å². The molecule has 6 nitrogen and oxygen atoms in total. The SMILES string of the molecule is CCN(CC)CCCNc1snc(N)c1S(=O)(=O)C1CC1. The minimum absolute atomic E-state index is 0.137. The number of aromatic nitrogens is 1. The summed E-state index contributed by atoms with van der Waals surface area (Å²) < 4.78 is 28.7. The third-order valence-corrected chi connectivity index (χ3v) is 7.03. The first-order valence-corrected chi connectivity index (χ1v) is 9.77. The second-order valence-corrected chi connectivity index (χ2v) is 8.22. The minimum Gasteiger partial charge on any atom is -0.382 e. The maximum absolute atomic E-state index is 12.4. The van der Waals surface area contributed by atoms with Crippen molar-refractivity contribution in [3.8, 4) is 0 Å². The molecule has 1 aromatic heterocycles. The van der Waals surface area contributed by atoms with E-state index in [0.717, 1.165) is 57.0 Å². The monoisotopic (exact) mass is 332 g/mol. The third kappa shape index (κ3) is 3.87. The quantitative estimate of drug-likeness (QED) is 0.671. The first-order valence-electron chi connectivity index (χ1n) is 7.46. The van der Waals surface area contributed by atoms with E-state index in [9.17, 15) is 8.42 Å². The minimum atomic E-state index is -3.30. The van der Waals surface area contributed by atoms with E-state index >= 15 is 0 Å². The van der Waals surface area contributed by atoms with Crippen molar-refractivity contribution in [2.45, 2.75) is 43.3 Å². The van der Waals surface area contributed by atoms with Crippen LogP contribution in [0, 0.1) is 0 Å². The van der Waals surface area contributed by atoms with E-state index in [-0.39, 0.29) is 16.0 Å². The highest BCUT2D eigenvalue weighted by molar-refractivity contribution is 7.92. The van der Waals surface area contributed by atoms with Gasteiger partial charge in [-0.05, 0) is 50.4 Å². The normalized spacial score (nSPS) is 15.6. The van der Waals surface area contributed by atoms with Crippen LogP contribution in [-0.2, 0) is 9.84 Å². The number of nitrogen functional groups attached to an aromatic ring is 1. The maximum atomic E-state index is 12.4. The van der Waals surface area contributed by atoms with Gasteiger partial charge in [-0.15, -0.1) is 0 Å². The van der Waals surface area contributed by atoms with E-state index < -0.39 is 9.84 Å². The van der Waals surface area contributed by atoms with Crippen LogP contribution in [0.3, 0.4) is 0 Å². The highest BCUT2D eigenvalue weighted by Crippen LogP contribution is 2.40. The Morgan fingerprint density at radius 2 is 2.05 bits per heavy atom. The van der Waals surface area contributed by atoms with Crippen LogP contribution in [0.4, 0.5) is 10.8 Å². The Hall–Kier alpha value is -0.860. The molecule has 1 aliphatic carbocycles. The molecule has 1 heterocycles. The van der Waals surface area contributed by atoms with Crippen LogP contribution in [0.15, 0.2) is 4.90 Å². The largest absolute Gasteiger partial charge is 0.382 e. The van der Waals surface area contributed by atoms with Gasteiger partial charge in [0.25, 0.3) is 0 Å². The molecule has 1 fully saturated rings. The van der Waals surface area contributed by atoms with Crippen molar-refractivity contribution in [1.82, 2.24) is 9.27 Å². The molecule has 0 unspecified atom stereocenters. The Morgan fingerprint density at radius 1 is 1.38 bits per heavy atom. The maximum Gasteiger partial charge on any atom is 0.187 e. The van der Waals surface area contributed by atoms with E-state index in [1.54, 1.807) is 0 Å². The number of nitrogens with zero attached hydrogens (tertiary/aromatic N) is 2. The highest BCUT2D eigenvalue weighted by Gasteiger charge is 2.40. The lowest BCUT2D eigenvalue weighted by molar-refractivity contribution is 0.303. The van der Waals surface area contributed by atoms with Crippen LogP contribution in [0.5, 0.6) is 0 Å². The number of anilines is 2. The van der Waals surface area contributed by atoms with E-state index in [1.807, 2.05) is 0 Å². The van der Waals surface area contributed by atoms with Gasteiger partial charge in [-0.3, -0.25) is 0 Å². The second kappa shape index (κ2) is 6.93. The molecule has 0 amide bonds. The van der Waals surface area contributed by atoms with Gasteiger partial charge in [-0.25, -0.2) is 8.42 Å². The predicted octanol–water partition coefficient (Wildman–Crippen LogP) is 1.81. The Bertz CT molecular complexity index is 563. The molecule has 0 aliphatic heterocycles. The molecule has 1 aromatic rings. The smallest absolute Gasteiger partial charge is 0.187 e. The van der Waals surface area contributed by atoms with E-state index in [2.05, 4.69) is 28.4 Å². The second-order valence-electron chi connectivity index (χ2n) is 5.28. The van der Waals surface area contributed by atoms with Crippen LogP contribution in [-0.4, -0.2) is 49.1 Å². The summed E-state index contributed by atoms with van der Waals surface area (Å²) in [6, 6.07) is 0. The number of sulfone groups is 1. The number of nitrogens with one attached hydrogen (secondary N) is 1. The fraction of sp³-hybridized carbons (Fsp3) is 0.769. The van der Waals surface area contributed by atoms with Gasteiger partial charge in [0.1, 0.15) is 9.90 Å². The summed E-state index contributed by atoms with van der Waals surface area (Å²) in [5.41, 5.74) is 5.76. The van der Waals surface area contributed by atoms with Crippen molar-refractivity contribution < 1.29 is 8.42 Å². The van der Waals surface area contributed by atoms with Crippen LogP contribution < -0.4 is 11.1 Å². The lowest BCUT2D eigenvalue weighted by Gasteiger charge is -2.17. The van der Waals surface area contributed by atoms with Crippen LogP contribution in [0.2, 0.25) is 0 Å².